The van der Waals surface area contributed by atoms with Crippen molar-refractivity contribution in [3.63, 3.8) is 0 Å². The molecule has 0 saturated heterocycles. The van der Waals surface area contributed by atoms with E-state index in [4.69, 9.17) is 9.52 Å². The molecule has 90 valence electrons. The zero-order valence-electron chi connectivity index (χ0n) is 9.62. The highest BCUT2D eigenvalue weighted by Gasteiger charge is 2.12. The van der Waals surface area contributed by atoms with Gasteiger partial charge in [0, 0.05) is 6.20 Å². The molecule has 0 aliphatic heterocycles. The van der Waals surface area contributed by atoms with Gasteiger partial charge in [-0.1, -0.05) is 0 Å². The molecule has 5 nitrogen and oxygen atoms in total. The number of furan rings is 1. The Hall–Kier alpha value is -2.56. The van der Waals surface area contributed by atoms with Gasteiger partial charge < -0.3 is 9.52 Å². The summed E-state index contributed by atoms with van der Waals surface area (Å²) in [6, 6.07) is 6.93. The average Bonchev–Trinajstić information content (AvgIpc) is 2.93. The van der Waals surface area contributed by atoms with Crippen LogP contribution in [0.25, 0.3) is 17.1 Å². The normalized spacial score (nSPS) is 10.9. The quantitative estimate of drug-likeness (QED) is 0.750. The highest BCUT2D eigenvalue weighted by atomic mass is 16.4. The summed E-state index contributed by atoms with van der Waals surface area (Å²) in [5.41, 5.74) is 1.04. The molecule has 1 N–H and O–H groups in total. The van der Waals surface area contributed by atoms with Crippen molar-refractivity contribution in [3.8, 4) is 11.6 Å². The third kappa shape index (κ3) is 1.57. The van der Waals surface area contributed by atoms with E-state index in [0.717, 1.165) is 11.3 Å². The van der Waals surface area contributed by atoms with E-state index in [0.29, 0.717) is 11.6 Å². The smallest absolute Gasteiger partial charge is 0.337 e. The lowest BCUT2D eigenvalue weighted by Gasteiger charge is -2.00. The molecule has 0 aliphatic rings. The van der Waals surface area contributed by atoms with E-state index in [-0.39, 0.29) is 5.56 Å². The van der Waals surface area contributed by atoms with Crippen LogP contribution in [0.5, 0.6) is 0 Å². The average molecular weight is 242 g/mol. The lowest BCUT2D eigenvalue weighted by Crippen LogP contribution is -1.99. The summed E-state index contributed by atoms with van der Waals surface area (Å²) in [6.45, 7) is 1.85. The van der Waals surface area contributed by atoms with Crippen molar-refractivity contribution >= 4 is 11.5 Å². The van der Waals surface area contributed by atoms with E-state index in [1.165, 1.54) is 6.20 Å². The second-order valence-electron chi connectivity index (χ2n) is 4.01. The minimum Gasteiger partial charge on any atom is -0.478 e. The van der Waals surface area contributed by atoms with Crippen molar-refractivity contribution in [2.24, 2.45) is 0 Å². The van der Waals surface area contributed by atoms with Crippen LogP contribution in [0.3, 0.4) is 0 Å². The molecule has 0 aromatic carbocycles. The number of fused-ring (bicyclic) bond motifs is 1. The Kier molecular flexibility index (Phi) is 2.19. The first kappa shape index (κ1) is 10.6. The SMILES string of the molecule is Cc1ccc(-c2ncc3ccc(C(=O)O)cn23)o1. The van der Waals surface area contributed by atoms with E-state index in [1.54, 1.807) is 22.7 Å². The number of carboxylic acids is 1. The predicted molar refractivity (Wildman–Crippen MR) is 64.6 cm³/mol. The zero-order chi connectivity index (χ0) is 12.7. The summed E-state index contributed by atoms with van der Waals surface area (Å²) in [6.07, 6.45) is 3.22. The summed E-state index contributed by atoms with van der Waals surface area (Å²) in [7, 11) is 0. The second kappa shape index (κ2) is 3.73. The van der Waals surface area contributed by atoms with Gasteiger partial charge in [-0.25, -0.2) is 9.78 Å². The minimum absolute atomic E-state index is 0.213. The molecule has 0 atom stereocenters. The van der Waals surface area contributed by atoms with Crippen LogP contribution in [-0.4, -0.2) is 20.5 Å². The van der Waals surface area contributed by atoms with Crippen LogP contribution >= 0.6 is 0 Å². The van der Waals surface area contributed by atoms with Gasteiger partial charge in [0.2, 0.25) is 0 Å². The number of nitrogens with zero attached hydrogens (tertiary/aromatic N) is 2. The van der Waals surface area contributed by atoms with Crippen LogP contribution in [-0.2, 0) is 0 Å². The Labute approximate surface area is 102 Å². The molecule has 18 heavy (non-hydrogen) atoms. The number of aryl methyl sites for hydroxylation is 1. The minimum atomic E-state index is -0.966. The molecule has 0 radical (unpaired) electrons. The Balaban J connectivity index is 2.23. The number of aromatic carboxylic acids is 1. The van der Waals surface area contributed by atoms with Crippen molar-refractivity contribution < 1.29 is 14.3 Å². The number of aromatic nitrogens is 2. The molecule has 0 unspecified atom stereocenters. The summed E-state index contributed by atoms with van der Waals surface area (Å²) in [5.74, 6) is 1.04. The molecule has 0 fully saturated rings. The number of pyridine rings is 1. The van der Waals surface area contributed by atoms with Crippen LogP contribution in [0.2, 0.25) is 0 Å². The van der Waals surface area contributed by atoms with E-state index in [2.05, 4.69) is 4.98 Å². The first-order valence-electron chi connectivity index (χ1n) is 5.42. The maximum atomic E-state index is 11.0. The number of hydrogen-bond acceptors (Lipinski definition) is 3. The molecule has 0 spiro atoms. The molecule has 5 heteroatoms. The van der Waals surface area contributed by atoms with Gasteiger partial charge in [-0.15, -0.1) is 0 Å². The standard InChI is InChI=1S/C13H10N2O3/c1-8-2-5-11(18-8)12-14-6-10-4-3-9(13(16)17)7-15(10)12/h2-7H,1H3,(H,16,17). The topological polar surface area (TPSA) is 67.7 Å². The zero-order valence-corrected chi connectivity index (χ0v) is 9.62. The molecule has 3 rings (SSSR count). The van der Waals surface area contributed by atoms with Crippen LogP contribution in [0, 0.1) is 6.92 Å². The maximum absolute atomic E-state index is 11.0. The van der Waals surface area contributed by atoms with Gasteiger partial charge in [0.15, 0.2) is 11.6 Å². The molecular formula is C13H10N2O3. The third-order valence-corrected chi connectivity index (χ3v) is 2.73. The summed E-state index contributed by atoms with van der Waals surface area (Å²) in [5, 5.41) is 8.99. The lowest BCUT2D eigenvalue weighted by molar-refractivity contribution is 0.0696. The van der Waals surface area contributed by atoms with Crippen molar-refractivity contribution in [1.29, 1.82) is 0 Å². The van der Waals surface area contributed by atoms with E-state index >= 15 is 0 Å². The maximum Gasteiger partial charge on any atom is 0.337 e. The molecule has 3 heterocycles. The van der Waals surface area contributed by atoms with Gasteiger partial charge in [-0.2, -0.15) is 0 Å². The van der Waals surface area contributed by atoms with Gasteiger partial charge in [-0.05, 0) is 31.2 Å². The number of hydrogen-bond donors (Lipinski definition) is 1. The molecule has 0 aliphatic carbocycles. The number of imidazole rings is 1. The molecule has 3 aromatic heterocycles. The van der Waals surface area contributed by atoms with Crippen LogP contribution in [0.15, 0.2) is 41.1 Å². The van der Waals surface area contributed by atoms with Gasteiger partial charge in [0.05, 0.1) is 17.3 Å². The summed E-state index contributed by atoms with van der Waals surface area (Å²) in [4.78, 5) is 15.2. The van der Waals surface area contributed by atoms with Crippen LogP contribution < -0.4 is 0 Å². The van der Waals surface area contributed by atoms with Crippen LogP contribution in [0.1, 0.15) is 16.1 Å². The fourth-order valence-electron chi connectivity index (χ4n) is 1.85. The van der Waals surface area contributed by atoms with E-state index in [9.17, 15) is 4.79 Å². The Morgan fingerprint density at radius 1 is 1.33 bits per heavy atom. The monoisotopic (exact) mass is 242 g/mol. The molecule has 0 bridgehead atoms. The number of carboxylic acid groups (broad SMARTS) is 1. The van der Waals surface area contributed by atoms with Crippen molar-refractivity contribution in [3.05, 3.63) is 48.0 Å². The summed E-state index contributed by atoms with van der Waals surface area (Å²) < 4.78 is 7.22. The predicted octanol–water partition coefficient (Wildman–Crippen LogP) is 2.60. The van der Waals surface area contributed by atoms with Gasteiger partial charge >= 0.3 is 5.97 Å². The Morgan fingerprint density at radius 2 is 2.17 bits per heavy atom. The molecular weight excluding hydrogens is 232 g/mol. The molecule has 0 amide bonds. The molecule has 3 aromatic rings. The van der Waals surface area contributed by atoms with Gasteiger partial charge in [0.25, 0.3) is 0 Å². The van der Waals surface area contributed by atoms with Crippen LogP contribution in [0.4, 0.5) is 0 Å². The van der Waals surface area contributed by atoms with Gasteiger partial charge in [-0.3, -0.25) is 4.40 Å². The van der Waals surface area contributed by atoms with E-state index in [1.807, 2.05) is 19.1 Å². The Morgan fingerprint density at radius 3 is 2.83 bits per heavy atom. The fourth-order valence-corrected chi connectivity index (χ4v) is 1.85. The van der Waals surface area contributed by atoms with Crippen molar-refractivity contribution in [1.82, 2.24) is 9.38 Å². The number of carbonyl (C=O) groups is 1. The first-order valence-corrected chi connectivity index (χ1v) is 5.42. The highest BCUT2D eigenvalue weighted by molar-refractivity contribution is 5.87. The lowest BCUT2D eigenvalue weighted by atomic mass is 10.3. The number of rotatable bonds is 2. The Bertz CT molecular complexity index is 740. The van der Waals surface area contributed by atoms with E-state index < -0.39 is 5.97 Å². The second-order valence-corrected chi connectivity index (χ2v) is 4.01. The van der Waals surface area contributed by atoms with Crippen molar-refractivity contribution in [2.75, 3.05) is 0 Å². The summed E-state index contributed by atoms with van der Waals surface area (Å²) >= 11 is 0. The highest BCUT2D eigenvalue weighted by Crippen LogP contribution is 2.22. The van der Waals surface area contributed by atoms with Crippen molar-refractivity contribution in [2.45, 2.75) is 6.92 Å². The molecule has 0 saturated carbocycles. The fraction of sp³-hybridized carbons (Fsp3) is 0.0769. The third-order valence-electron chi connectivity index (χ3n) is 2.73. The largest absolute Gasteiger partial charge is 0.478 e. The van der Waals surface area contributed by atoms with Gasteiger partial charge in [0.1, 0.15) is 5.76 Å². The first-order chi connectivity index (χ1) is 8.65.